The lowest BCUT2D eigenvalue weighted by molar-refractivity contribution is 0.599. The van der Waals surface area contributed by atoms with Crippen molar-refractivity contribution in [1.82, 2.24) is 9.78 Å². The molecule has 1 aromatic heterocycles. The predicted octanol–water partition coefficient (Wildman–Crippen LogP) is 3.01. The summed E-state index contributed by atoms with van der Waals surface area (Å²) in [5, 5.41) is 4.11. The van der Waals surface area contributed by atoms with Crippen molar-refractivity contribution in [2.75, 3.05) is 4.72 Å². The van der Waals surface area contributed by atoms with Crippen LogP contribution < -0.4 is 4.72 Å². The van der Waals surface area contributed by atoms with Crippen molar-refractivity contribution in [3.05, 3.63) is 78.0 Å². The van der Waals surface area contributed by atoms with Crippen LogP contribution in [0.1, 0.15) is 5.56 Å². The van der Waals surface area contributed by atoms with Gasteiger partial charge in [-0.05, 0) is 42.0 Å². The second kappa shape index (κ2) is 6.40. The van der Waals surface area contributed by atoms with E-state index in [0.717, 1.165) is 17.7 Å². The highest BCUT2D eigenvalue weighted by molar-refractivity contribution is 7.92. The fourth-order valence-corrected chi connectivity index (χ4v) is 3.09. The molecular formula is C16H13F2N3O2S. The summed E-state index contributed by atoms with van der Waals surface area (Å²) in [5.41, 5.74) is 0.826. The number of aromatic nitrogens is 2. The van der Waals surface area contributed by atoms with Gasteiger partial charge in [0.05, 0.1) is 11.4 Å². The molecule has 0 radical (unpaired) electrons. The molecule has 3 rings (SSSR count). The molecule has 0 amide bonds. The molecule has 8 heteroatoms. The number of sulfonamides is 1. The molecule has 3 aromatic rings. The Balaban J connectivity index is 1.73. The van der Waals surface area contributed by atoms with Crippen LogP contribution in [0.3, 0.4) is 0 Å². The third kappa shape index (κ3) is 3.77. The van der Waals surface area contributed by atoms with E-state index < -0.39 is 15.8 Å². The van der Waals surface area contributed by atoms with Crippen LogP contribution in [0.4, 0.5) is 14.6 Å². The largest absolute Gasteiger partial charge is 0.266 e. The van der Waals surface area contributed by atoms with Crippen molar-refractivity contribution in [2.45, 2.75) is 11.4 Å². The van der Waals surface area contributed by atoms with E-state index in [1.807, 2.05) is 0 Å². The summed E-state index contributed by atoms with van der Waals surface area (Å²) in [5.74, 6) is -0.703. The fourth-order valence-electron chi connectivity index (χ4n) is 2.09. The van der Waals surface area contributed by atoms with E-state index in [2.05, 4.69) is 9.82 Å². The van der Waals surface area contributed by atoms with Crippen molar-refractivity contribution in [1.29, 1.82) is 0 Å². The van der Waals surface area contributed by atoms with Crippen LogP contribution in [-0.4, -0.2) is 18.2 Å². The summed E-state index contributed by atoms with van der Waals surface area (Å²) in [7, 11) is -3.84. The van der Waals surface area contributed by atoms with E-state index in [-0.39, 0.29) is 16.5 Å². The first kappa shape index (κ1) is 16.1. The van der Waals surface area contributed by atoms with Crippen molar-refractivity contribution >= 4 is 15.8 Å². The molecule has 5 nitrogen and oxygen atoms in total. The highest BCUT2D eigenvalue weighted by atomic mass is 32.2. The minimum Gasteiger partial charge on any atom is -0.266 e. The minimum atomic E-state index is -3.84. The lowest BCUT2D eigenvalue weighted by atomic mass is 10.2. The maximum Gasteiger partial charge on any atom is 0.263 e. The smallest absolute Gasteiger partial charge is 0.263 e. The highest BCUT2D eigenvalue weighted by Crippen LogP contribution is 2.15. The maximum atomic E-state index is 12.9. The quantitative estimate of drug-likeness (QED) is 0.770. The molecule has 0 unspecified atom stereocenters. The number of hydrogen-bond acceptors (Lipinski definition) is 3. The number of nitrogens with zero attached hydrogens (tertiary/aromatic N) is 2. The van der Waals surface area contributed by atoms with Crippen molar-refractivity contribution in [2.24, 2.45) is 0 Å². The van der Waals surface area contributed by atoms with Crippen LogP contribution in [0.2, 0.25) is 0 Å². The summed E-state index contributed by atoms with van der Waals surface area (Å²) in [6, 6.07) is 11.9. The first-order chi connectivity index (χ1) is 11.4. The number of halogens is 2. The highest BCUT2D eigenvalue weighted by Gasteiger charge is 2.15. The Morgan fingerprint density at radius 3 is 2.12 bits per heavy atom. The van der Waals surface area contributed by atoms with Gasteiger partial charge >= 0.3 is 0 Å². The average Bonchev–Trinajstić information content (AvgIpc) is 2.96. The topological polar surface area (TPSA) is 64.0 Å². The summed E-state index contributed by atoms with van der Waals surface area (Å²) in [6.07, 6.45) is 1.60. The number of hydrogen-bond donors (Lipinski definition) is 1. The molecule has 0 saturated heterocycles. The van der Waals surface area contributed by atoms with E-state index in [4.69, 9.17) is 0 Å². The normalized spacial score (nSPS) is 11.4. The van der Waals surface area contributed by atoms with E-state index in [1.165, 1.54) is 35.0 Å². The van der Waals surface area contributed by atoms with Gasteiger partial charge in [0.25, 0.3) is 10.0 Å². The molecule has 0 spiro atoms. The number of nitrogens with one attached hydrogen (secondary N) is 1. The summed E-state index contributed by atoms with van der Waals surface area (Å²) in [4.78, 5) is -0.0583. The van der Waals surface area contributed by atoms with Gasteiger partial charge in [-0.15, -0.1) is 0 Å². The number of anilines is 1. The monoisotopic (exact) mass is 349 g/mol. The molecule has 124 valence electrons. The fraction of sp³-hybridized carbons (Fsp3) is 0.0625. The maximum absolute atomic E-state index is 12.9. The molecule has 24 heavy (non-hydrogen) atoms. The third-order valence-electron chi connectivity index (χ3n) is 3.26. The zero-order valence-electron chi connectivity index (χ0n) is 12.4. The zero-order valence-corrected chi connectivity index (χ0v) is 13.2. The van der Waals surface area contributed by atoms with E-state index in [9.17, 15) is 17.2 Å². The second-order valence-corrected chi connectivity index (χ2v) is 6.77. The van der Waals surface area contributed by atoms with Gasteiger partial charge in [0, 0.05) is 12.3 Å². The SMILES string of the molecule is O=S(=O)(Nc1ccn(Cc2ccc(F)cc2)n1)c1ccc(F)cc1. The first-order valence-electron chi connectivity index (χ1n) is 6.99. The van der Waals surface area contributed by atoms with Gasteiger partial charge in [-0.25, -0.2) is 17.2 Å². The van der Waals surface area contributed by atoms with Gasteiger partial charge in [-0.3, -0.25) is 9.40 Å². The lowest BCUT2D eigenvalue weighted by Crippen LogP contribution is -2.13. The number of rotatable bonds is 5. The minimum absolute atomic E-state index is 0.0583. The molecule has 0 aliphatic carbocycles. The van der Waals surface area contributed by atoms with Gasteiger partial charge in [-0.2, -0.15) is 5.10 Å². The third-order valence-corrected chi connectivity index (χ3v) is 4.63. The zero-order chi connectivity index (χ0) is 17.2. The standard InChI is InChI=1S/C16H13F2N3O2S/c17-13-3-1-12(2-4-13)11-21-10-9-16(19-21)20-24(22,23)15-7-5-14(18)6-8-15/h1-10H,11H2,(H,19,20). The summed E-state index contributed by atoms with van der Waals surface area (Å²) < 4.78 is 54.0. The van der Waals surface area contributed by atoms with Crippen LogP contribution in [0.25, 0.3) is 0 Å². The molecule has 0 atom stereocenters. The molecule has 2 aromatic carbocycles. The van der Waals surface area contributed by atoms with Crippen molar-refractivity contribution in [3.8, 4) is 0 Å². The Morgan fingerprint density at radius 2 is 1.50 bits per heavy atom. The molecule has 0 bridgehead atoms. The first-order valence-corrected chi connectivity index (χ1v) is 8.47. The Labute approximate surface area is 137 Å². The second-order valence-electron chi connectivity index (χ2n) is 5.08. The van der Waals surface area contributed by atoms with Crippen molar-refractivity contribution in [3.63, 3.8) is 0 Å². The summed E-state index contributed by atoms with van der Waals surface area (Å²) >= 11 is 0. The molecule has 0 aliphatic rings. The molecular weight excluding hydrogens is 336 g/mol. The van der Waals surface area contributed by atoms with E-state index in [1.54, 1.807) is 18.3 Å². The molecule has 1 N–H and O–H groups in total. The van der Waals surface area contributed by atoms with Crippen LogP contribution >= 0.6 is 0 Å². The van der Waals surface area contributed by atoms with Gasteiger partial charge < -0.3 is 0 Å². The Morgan fingerprint density at radius 1 is 0.917 bits per heavy atom. The van der Waals surface area contributed by atoms with Gasteiger partial charge in [0.1, 0.15) is 11.6 Å². The molecule has 0 aliphatic heterocycles. The Bertz CT molecular complexity index is 936. The van der Waals surface area contributed by atoms with Gasteiger partial charge in [0.2, 0.25) is 0 Å². The van der Waals surface area contributed by atoms with E-state index >= 15 is 0 Å². The van der Waals surface area contributed by atoms with Crippen LogP contribution in [0.5, 0.6) is 0 Å². The Hall–Kier alpha value is -2.74. The van der Waals surface area contributed by atoms with Gasteiger partial charge in [-0.1, -0.05) is 12.1 Å². The Kier molecular flexibility index (Phi) is 4.30. The van der Waals surface area contributed by atoms with Gasteiger partial charge in [0.15, 0.2) is 5.82 Å². The number of benzene rings is 2. The average molecular weight is 349 g/mol. The van der Waals surface area contributed by atoms with Crippen LogP contribution in [-0.2, 0) is 16.6 Å². The van der Waals surface area contributed by atoms with Crippen LogP contribution in [0.15, 0.2) is 65.7 Å². The van der Waals surface area contributed by atoms with E-state index in [0.29, 0.717) is 6.54 Å². The lowest BCUT2D eigenvalue weighted by Gasteiger charge is -2.05. The molecule has 0 fully saturated rings. The molecule has 1 heterocycles. The van der Waals surface area contributed by atoms with Crippen molar-refractivity contribution < 1.29 is 17.2 Å². The summed E-state index contributed by atoms with van der Waals surface area (Å²) in [6.45, 7) is 0.374. The molecule has 0 saturated carbocycles. The predicted molar refractivity (Wildman–Crippen MR) is 84.9 cm³/mol. The van der Waals surface area contributed by atoms with Crippen LogP contribution in [0, 0.1) is 11.6 Å².